The fourth-order valence-corrected chi connectivity index (χ4v) is 4.67. The van der Waals surface area contributed by atoms with Crippen LogP contribution in [0.1, 0.15) is 24.8 Å². The smallest absolute Gasteiger partial charge is 0.256 e. The molecule has 2 aromatic carbocycles. The Bertz CT molecular complexity index is 1030. The Morgan fingerprint density at radius 1 is 1.18 bits per heavy atom. The molecule has 0 radical (unpaired) electrons. The van der Waals surface area contributed by atoms with Crippen LogP contribution in [0.25, 0.3) is 0 Å². The van der Waals surface area contributed by atoms with Crippen molar-refractivity contribution in [2.45, 2.75) is 38.3 Å². The van der Waals surface area contributed by atoms with Gasteiger partial charge < -0.3 is 19.9 Å². The van der Waals surface area contributed by atoms with Crippen molar-refractivity contribution in [1.82, 2.24) is 4.90 Å². The SMILES string of the molecule is Cc1ccccc1NC(=O)C[C@@H]1C(=O)N(c2ccc(N(C)C)cc2)C(=S)N1C[C@@H]1CCCO1. The number of hydrogen-bond acceptors (Lipinski definition) is 5. The molecule has 2 aliphatic rings. The normalized spacial score (nSPS) is 20.5. The molecule has 0 unspecified atom stereocenters. The summed E-state index contributed by atoms with van der Waals surface area (Å²) in [6, 6.07) is 14.6. The number of thiocarbonyl (C=S) groups is 1. The number of rotatable bonds is 7. The van der Waals surface area contributed by atoms with Gasteiger partial charge in [0.1, 0.15) is 6.04 Å². The van der Waals surface area contributed by atoms with Gasteiger partial charge in [0.25, 0.3) is 5.91 Å². The molecule has 33 heavy (non-hydrogen) atoms. The van der Waals surface area contributed by atoms with Gasteiger partial charge in [-0.05, 0) is 67.9 Å². The zero-order valence-corrected chi connectivity index (χ0v) is 20.1. The van der Waals surface area contributed by atoms with Crippen molar-refractivity contribution >= 4 is 46.2 Å². The monoisotopic (exact) mass is 466 g/mol. The number of anilines is 3. The Morgan fingerprint density at radius 3 is 2.55 bits per heavy atom. The highest BCUT2D eigenvalue weighted by atomic mass is 32.1. The second-order valence-corrected chi connectivity index (χ2v) is 9.10. The molecule has 0 aromatic heterocycles. The van der Waals surface area contributed by atoms with Crippen molar-refractivity contribution in [3.63, 3.8) is 0 Å². The van der Waals surface area contributed by atoms with E-state index in [4.69, 9.17) is 17.0 Å². The number of benzene rings is 2. The standard InChI is InChI=1S/C25H30N4O3S/c1-17-7-4-5-9-21(17)26-23(30)15-22-24(31)29(19-12-10-18(11-13-19)27(2)3)25(33)28(22)16-20-8-6-14-32-20/h4-5,7,9-13,20,22H,6,8,14-16H2,1-3H3,(H,26,30)/t20-,22+/m0/s1. The lowest BCUT2D eigenvalue weighted by atomic mass is 10.1. The van der Waals surface area contributed by atoms with Gasteiger partial charge in [-0.15, -0.1) is 0 Å². The summed E-state index contributed by atoms with van der Waals surface area (Å²) in [7, 11) is 3.93. The van der Waals surface area contributed by atoms with Gasteiger partial charge in [0.05, 0.1) is 18.2 Å². The van der Waals surface area contributed by atoms with E-state index in [1.54, 1.807) is 4.90 Å². The summed E-state index contributed by atoms with van der Waals surface area (Å²) in [6.45, 7) is 3.15. The summed E-state index contributed by atoms with van der Waals surface area (Å²) in [4.78, 5) is 31.9. The fourth-order valence-electron chi connectivity index (χ4n) is 4.28. The molecule has 0 saturated carbocycles. The van der Waals surface area contributed by atoms with Gasteiger partial charge in [0.2, 0.25) is 5.91 Å². The van der Waals surface area contributed by atoms with Gasteiger partial charge in [-0.3, -0.25) is 14.5 Å². The minimum Gasteiger partial charge on any atom is -0.378 e. The van der Waals surface area contributed by atoms with Crippen LogP contribution in [0.4, 0.5) is 17.1 Å². The molecule has 4 rings (SSSR count). The fraction of sp³-hybridized carbons (Fsp3) is 0.400. The van der Waals surface area contributed by atoms with E-state index in [1.165, 1.54) is 0 Å². The third kappa shape index (κ3) is 5.02. The first-order valence-corrected chi connectivity index (χ1v) is 11.6. The van der Waals surface area contributed by atoms with Crippen molar-refractivity contribution < 1.29 is 14.3 Å². The predicted octanol–water partition coefficient (Wildman–Crippen LogP) is 3.57. The Hall–Kier alpha value is -2.97. The van der Waals surface area contributed by atoms with Crippen molar-refractivity contribution in [1.29, 1.82) is 0 Å². The van der Waals surface area contributed by atoms with Gasteiger partial charge >= 0.3 is 0 Å². The number of nitrogens with zero attached hydrogens (tertiary/aromatic N) is 3. The summed E-state index contributed by atoms with van der Waals surface area (Å²) in [5, 5.41) is 3.36. The zero-order chi connectivity index (χ0) is 23.5. The number of carbonyl (C=O) groups is 2. The molecule has 174 valence electrons. The van der Waals surface area contributed by atoms with Gasteiger partial charge in [-0.25, -0.2) is 0 Å². The summed E-state index contributed by atoms with van der Waals surface area (Å²) in [5.74, 6) is -0.400. The maximum absolute atomic E-state index is 13.5. The molecular formula is C25H30N4O3S. The molecule has 1 N–H and O–H groups in total. The maximum Gasteiger partial charge on any atom is 0.256 e. The van der Waals surface area contributed by atoms with E-state index in [9.17, 15) is 9.59 Å². The average molecular weight is 467 g/mol. The van der Waals surface area contributed by atoms with Crippen LogP contribution in [-0.4, -0.2) is 61.2 Å². The van der Waals surface area contributed by atoms with E-state index in [-0.39, 0.29) is 24.3 Å². The molecule has 2 atom stereocenters. The minimum atomic E-state index is -0.667. The van der Waals surface area contributed by atoms with Crippen LogP contribution in [0.15, 0.2) is 48.5 Å². The second-order valence-electron chi connectivity index (χ2n) is 8.74. The third-order valence-electron chi connectivity index (χ3n) is 6.17. The lowest BCUT2D eigenvalue weighted by molar-refractivity contribution is -0.124. The van der Waals surface area contributed by atoms with Crippen LogP contribution in [-0.2, 0) is 14.3 Å². The van der Waals surface area contributed by atoms with Crippen molar-refractivity contribution in [3.05, 3.63) is 54.1 Å². The average Bonchev–Trinajstić information content (AvgIpc) is 3.38. The molecule has 0 bridgehead atoms. The number of nitrogens with one attached hydrogen (secondary N) is 1. The van der Waals surface area contributed by atoms with E-state index in [0.29, 0.717) is 24.0 Å². The molecular weight excluding hydrogens is 436 g/mol. The first-order chi connectivity index (χ1) is 15.8. The quantitative estimate of drug-likeness (QED) is 0.630. The first kappa shape index (κ1) is 23.2. The Labute approximate surface area is 200 Å². The van der Waals surface area contributed by atoms with Crippen LogP contribution in [0, 0.1) is 6.92 Å². The van der Waals surface area contributed by atoms with E-state index >= 15 is 0 Å². The minimum absolute atomic E-state index is 0.00810. The Kier molecular flexibility index (Phi) is 6.95. The first-order valence-electron chi connectivity index (χ1n) is 11.2. The van der Waals surface area contributed by atoms with Gasteiger partial charge in [0.15, 0.2) is 5.11 Å². The lowest BCUT2D eigenvalue weighted by Gasteiger charge is -2.26. The van der Waals surface area contributed by atoms with Crippen LogP contribution in [0.5, 0.6) is 0 Å². The number of carbonyl (C=O) groups excluding carboxylic acids is 2. The number of amides is 2. The zero-order valence-electron chi connectivity index (χ0n) is 19.3. The van der Waals surface area contributed by atoms with Gasteiger partial charge in [0, 0.05) is 38.6 Å². The van der Waals surface area contributed by atoms with Crippen molar-refractivity contribution in [2.24, 2.45) is 0 Å². The van der Waals surface area contributed by atoms with E-state index in [2.05, 4.69) is 5.32 Å². The maximum atomic E-state index is 13.5. The van der Waals surface area contributed by atoms with Crippen molar-refractivity contribution in [3.8, 4) is 0 Å². The highest BCUT2D eigenvalue weighted by Crippen LogP contribution is 2.30. The van der Waals surface area contributed by atoms with Crippen LogP contribution >= 0.6 is 12.2 Å². The Balaban J connectivity index is 1.56. The Morgan fingerprint density at radius 2 is 1.91 bits per heavy atom. The lowest BCUT2D eigenvalue weighted by Crippen LogP contribution is -2.42. The third-order valence-corrected chi connectivity index (χ3v) is 6.58. The molecule has 2 aliphatic heterocycles. The number of ether oxygens (including phenoxy) is 1. The molecule has 8 heteroatoms. The molecule has 2 aromatic rings. The van der Waals surface area contributed by atoms with Crippen LogP contribution < -0.4 is 15.1 Å². The van der Waals surface area contributed by atoms with Crippen molar-refractivity contribution in [2.75, 3.05) is 42.4 Å². The number of aryl methyl sites for hydroxylation is 1. The summed E-state index contributed by atoms with van der Waals surface area (Å²) in [5.41, 5.74) is 3.45. The summed E-state index contributed by atoms with van der Waals surface area (Å²) >= 11 is 5.75. The highest BCUT2D eigenvalue weighted by Gasteiger charge is 2.45. The molecule has 0 spiro atoms. The molecule has 2 saturated heterocycles. The molecule has 2 amide bonds. The number of para-hydroxylation sites is 1. The highest BCUT2D eigenvalue weighted by molar-refractivity contribution is 7.80. The topological polar surface area (TPSA) is 65.1 Å². The summed E-state index contributed by atoms with van der Waals surface area (Å²) < 4.78 is 5.81. The summed E-state index contributed by atoms with van der Waals surface area (Å²) in [6.07, 6.45) is 1.95. The predicted molar refractivity (Wildman–Crippen MR) is 135 cm³/mol. The van der Waals surface area contributed by atoms with Crippen LogP contribution in [0.2, 0.25) is 0 Å². The van der Waals surface area contributed by atoms with Gasteiger partial charge in [-0.1, -0.05) is 18.2 Å². The second kappa shape index (κ2) is 9.89. The molecule has 2 heterocycles. The largest absolute Gasteiger partial charge is 0.378 e. The van der Waals surface area contributed by atoms with E-state index < -0.39 is 6.04 Å². The van der Waals surface area contributed by atoms with Gasteiger partial charge in [-0.2, -0.15) is 0 Å². The molecule has 0 aliphatic carbocycles. The van der Waals surface area contributed by atoms with E-state index in [1.807, 2.05) is 79.3 Å². The molecule has 2 fully saturated rings. The molecule has 7 nitrogen and oxygen atoms in total. The number of hydrogen-bond donors (Lipinski definition) is 1. The van der Waals surface area contributed by atoms with Crippen LogP contribution in [0.3, 0.4) is 0 Å². The van der Waals surface area contributed by atoms with E-state index in [0.717, 1.165) is 29.8 Å².